The molecule has 1 aromatic carbocycles. The van der Waals surface area contributed by atoms with Crippen LogP contribution in [0.3, 0.4) is 0 Å². The second-order valence-electron chi connectivity index (χ2n) is 10.4. The zero-order chi connectivity index (χ0) is 25.8. The highest BCUT2D eigenvalue weighted by Gasteiger charge is 2.45. The van der Waals surface area contributed by atoms with E-state index in [0.29, 0.717) is 19.4 Å². The van der Waals surface area contributed by atoms with E-state index in [1.54, 1.807) is 7.11 Å². The van der Waals surface area contributed by atoms with Crippen LogP contribution in [-0.4, -0.2) is 56.0 Å². The molecule has 0 N–H and O–H groups in total. The molecule has 0 amide bonds. The summed E-state index contributed by atoms with van der Waals surface area (Å²) in [6, 6.07) is 7.82. The molecule has 0 unspecified atom stereocenters. The Morgan fingerprint density at radius 2 is 1.80 bits per heavy atom. The van der Waals surface area contributed by atoms with Gasteiger partial charge in [-0.15, -0.1) is 0 Å². The summed E-state index contributed by atoms with van der Waals surface area (Å²) in [4.78, 5) is 12.2. The SMILES string of the molecule is COc1ccc(CO[C@H]2C[C@@H]([C@@H]3C[C@H](COC(=O)C(C)(C)C)OC(C)(C)O3)O[C@H]2C=C(Br)Br)cc1. The summed E-state index contributed by atoms with van der Waals surface area (Å²) in [6.07, 6.45) is 2.07. The fourth-order valence-electron chi connectivity index (χ4n) is 4.17. The van der Waals surface area contributed by atoms with Crippen molar-refractivity contribution < 1.29 is 33.2 Å². The van der Waals surface area contributed by atoms with E-state index in [0.717, 1.165) is 14.7 Å². The molecule has 2 saturated heterocycles. The summed E-state index contributed by atoms with van der Waals surface area (Å²) >= 11 is 6.89. The van der Waals surface area contributed by atoms with Gasteiger partial charge in [0.05, 0.1) is 46.9 Å². The summed E-state index contributed by atoms with van der Waals surface area (Å²) in [5.74, 6) is -0.267. The van der Waals surface area contributed by atoms with Crippen molar-refractivity contribution in [3.8, 4) is 5.75 Å². The molecular formula is C26H36Br2O7. The first kappa shape index (κ1) is 28.6. The summed E-state index contributed by atoms with van der Waals surface area (Å²) in [5.41, 5.74) is 0.491. The minimum absolute atomic E-state index is 0.154. The lowest BCUT2D eigenvalue weighted by Crippen LogP contribution is -2.50. The third-order valence-corrected chi connectivity index (χ3v) is 6.41. The molecule has 2 aliphatic heterocycles. The first-order valence-electron chi connectivity index (χ1n) is 11.8. The predicted molar refractivity (Wildman–Crippen MR) is 140 cm³/mol. The van der Waals surface area contributed by atoms with Gasteiger partial charge in [0, 0.05) is 12.8 Å². The molecule has 2 aliphatic rings. The molecule has 0 saturated carbocycles. The van der Waals surface area contributed by atoms with E-state index in [1.165, 1.54) is 0 Å². The summed E-state index contributed by atoms with van der Waals surface area (Å²) in [6.45, 7) is 9.89. The van der Waals surface area contributed by atoms with Gasteiger partial charge in [-0.2, -0.15) is 0 Å². The molecular weight excluding hydrogens is 584 g/mol. The second-order valence-corrected chi connectivity index (χ2v) is 13.2. The summed E-state index contributed by atoms with van der Waals surface area (Å²) in [7, 11) is 1.65. The third kappa shape index (κ3) is 8.54. The second kappa shape index (κ2) is 12.0. The van der Waals surface area contributed by atoms with Crippen LogP contribution >= 0.6 is 31.9 Å². The molecule has 1 aromatic rings. The highest BCUT2D eigenvalue weighted by Crippen LogP contribution is 2.37. The van der Waals surface area contributed by atoms with Crippen molar-refractivity contribution in [3.05, 3.63) is 39.3 Å². The minimum Gasteiger partial charge on any atom is -0.497 e. The first-order chi connectivity index (χ1) is 16.4. The maximum atomic E-state index is 12.2. The van der Waals surface area contributed by atoms with Crippen LogP contribution < -0.4 is 4.74 Å². The lowest BCUT2D eigenvalue weighted by molar-refractivity contribution is -0.318. The zero-order valence-electron chi connectivity index (χ0n) is 21.2. The molecule has 0 aromatic heterocycles. The van der Waals surface area contributed by atoms with Gasteiger partial charge < -0.3 is 28.4 Å². The smallest absolute Gasteiger partial charge is 0.311 e. The molecule has 0 bridgehead atoms. The van der Waals surface area contributed by atoms with Gasteiger partial charge in [0.15, 0.2) is 5.79 Å². The number of hydrogen-bond donors (Lipinski definition) is 0. The molecule has 9 heteroatoms. The Hall–Kier alpha value is -0.970. The average Bonchev–Trinajstić information content (AvgIpc) is 3.16. The summed E-state index contributed by atoms with van der Waals surface area (Å²) in [5, 5.41) is 0. The topological polar surface area (TPSA) is 72.5 Å². The molecule has 0 spiro atoms. The molecule has 5 atom stereocenters. The van der Waals surface area contributed by atoms with E-state index >= 15 is 0 Å². The maximum absolute atomic E-state index is 12.2. The van der Waals surface area contributed by atoms with Crippen LogP contribution in [0.25, 0.3) is 0 Å². The van der Waals surface area contributed by atoms with Crippen molar-refractivity contribution in [1.82, 2.24) is 0 Å². The van der Waals surface area contributed by atoms with Crippen LogP contribution in [0.4, 0.5) is 0 Å². The normalized spacial score (nSPS) is 28.4. The maximum Gasteiger partial charge on any atom is 0.311 e. The number of methoxy groups -OCH3 is 1. The van der Waals surface area contributed by atoms with Gasteiger partial charge in [0.25, 0.3) is 0 Å². The number of benzene rings is 1. The summed E-state index contributed by atoms with van der Waals surface area (Å²) < 4.78 is 36.5. The van der Waals surface area contributed by atoms with Crippen molar-refractivity contribution in [2.75, 3.05) is 13.7 Å². The van der Waals surface area contributed by atoms with E-state index < -0.39 is 11.2 Å². The van der Waals surface area contributed by atoms with Crippen molar-refractivity contribution in [2.24, 2.45) is 5.41 Å². The fraction of sp³-hybridized carbons (Fsp3) is 0.654. The molecule has 35 heavy (non-hydrogen) atoms. The van der Waals surface area contributed by atoms with Crippen LogP contribution in [0.2, 0.25) is 0 Å². The monoisotopic (exact) mass is 618 g/mol. The van der Waals surface area contributed by atoms with Gasteiger partial charge in [-0.3, -0.25) is 4.79 Å². The Labute approximate surface area is 225 Å². The number of hydrogen-bond acceptors (Lipinski definition) is 7. The Morgan fingerprint density at radius 1 is 1.11 bits per heavy atom. The molecule has 3 rings (SSSR count). The fourth-order valence-corrected chi connectivity index (χ4v) is 4.69. The van der Waals surface area contributed by atoms with Crippen LogP contribution in [0, 0.1) is 5.41 Å². The average molecular weight is 620 g/mol. The van der Waals surface area contributed by atoms with Crippen LogP contribution in [0.5, 0.6) is 5.75 Å². The largest absolute Gasteiger partial charge is 0.497 e. The Kier molecular flexibility index (Phi) is 9.85. The number of esters is 1. The third-order valence-electron chi connectivity index (χ3n) is 5.88. The van der Waals surface area contributed by atoms with Crippen molar-refractivity contribution in [2.45, 2.75) is 90.4 Å². The van der Waals surface area contributed by atoms with E-state index in [2.05, 4.69) is 31.9 Å². The van der Waals surface area contributed by atoms with Crippen LogP contribution in [0.15, 0.2) is 33.7 Å². The van der Waals surface area contributed by atoms with Gasteiger partial charge >= 0.3 is 5.97 Å². The highest BCUT2D eigenvalue weighted by atomic mass is 79.9. The van der Waals surface area contributed by atoms with E-state index in [-0.39, 0.29) is 43.1 Å². The van der Waals surface area contributed by atoms with Gasteiger partial charge in [-0.25, -0.2) is 0 Å². The standard InChI is InChI=1S/C26H36Br2O7/c1-25(2,3)24(29)32-15-18-11-22(35-26(4,5)34-18)20-12-19(21(33-20)13-23(27)28)31-14-16-7-9-17(30-6)10-8-16/h7-10,13,18-22H,11-12,14-15H2,1-6H3/t18-,19+,20+,21+,22+/m1/s1. The predicted octanol–water partition coefficient (Wildman–Crippen LogP) is 5.87. The number of rotatable bonds is 8. The van der Waals surface area contributed by atoms with E-state index in [1.807, 2.05) is 65.0 Å². The molecule has 196 valence electrons. The number of carbonyl (C=O) groups excluding carboxylic acids is 1. The van der Waals surface area contributed by atoms with Crippen molar-refractivity contribution in [1.29, 1.82) is 0 Å². The van der Waals surface area contributed by atoms with E-state index in [4.69, 9.17) is 28.4 Å². The van der Waals surface area contributed by atoms with Gasteiger partial charge in [-0.1, -0.05) is 12.1 Å². The van der Waals surface area contributed by atoms with Gasteiger partial charge in [-0.05, 0) is 90.3 Å². The molecule has 2 heterocycles. The molecule has 2 fully saturated rings. The minimum atomic E-state index is -0.825. The van der Waals surface area contributed by atoms with Gasteiger partial charge in [0.1, 0.15) is 18.5 Å². The molecule has 7 nitrogen and oxygen atoms in total. The highest BCUT2D eigenvalue weighted by molar-refractivity contribution is 9.28. The quantitative estimate of drug-likeness (QED) is 0.337. The van der Waals surface area contributed by atoms with E-state index in [9.17, 15) is 4.79 Å². The van der Waals surface area contributed by atoms with Crippen molar-refractivity contribution in [3.63, 3.8) is 0 Å². The van der Waals surface area contributed by atoms with Gasteiger partial charge in [0.2, 0.25) is 0 Å². The van der Waals surface area contributed by atoms with Crippen molar-refractivity contribution >= 4 is 37.8 Å². The Morgan fingerprint density at radius 3 is 2.40 bits per heavy atom. The Balaban J connectivity index is 1.65. The van der Waals surface area contributed by atoms with Crippen LogP contribution in [-0.2, 0) is 35.1 Å². The number of halogens is 2. The molecule has 0 radical (unpaired) electrons. The molecule has 0 aliphatic carbocycles. The Bertz CT molecular complexity index is 875. The van der Waals surface area contributed by atoms with Crippen LogP contribution in [0.1, 0.15) is 53.0 Å². The lowest BCUT2D eigenvalue weighted by atomic mass is 9.97. The number of ether oxygens (including phenoxy) is 6. The first-order valence-corrected chi connectivity index (χ1v) is 13.4. The number of carbonyl (C=O) groups is 1. The lowest BCUT2D eigenvalue weighted by Gasteiger charge is -2.42. The zero-order valence-corrected chi connectivity index (χ0v) is 24.4.